The van der Waals surface area contributed by atoms with E-state index in [4.69, 9.17) is 9.79 Å². The van der Waals surface area contributed by atoms with Crippen molar-refractivity contribution in [3.63, 3.8) is 0 Å². The Morgan fingerprint density at radius 3 is 2.47 bits per heavy atom. The minimum absolute atomic E-state index is 0. The summed E-state index contributed by atoms with van der Waals surface area (Å²) in [6, 6.07) is 6.96. The number of hydrogen-bond acceptors (Lipinski definition) is 3. The molecule has 5 nitrogen and oxygen atoms in total. The minimum Gasteiger partial charge on any atom is -0.404 e. The van der Waals surface area contributed by atoms with Gasteiger partial charge >= 0.3 is 7.82 Å². The molecular weight excluding hydrogens is 241 g/mol. The van der Waals surface area contributed by atoms with E-state index in [-0.39, 0.29) is 11.9 Å². The third kappa shape index (κ3) is 6.44. The van der Waals surface area contributed by atoms with E-state index in [0.29, 0.717) is 0 Å². The first-order valence-electron chi connectivity index (χ1n) is 5.36. The lowest BCUT2D eigenvalue weighted by Crippen LogP contribution is -1.95. The summed E-state index contributed by atoms with van der Waals surface area (Å²) in [5.74, 6) is 0.284. The predicted octanol–water partition coefficient (Wildman–Crippen LogP) is 3.05. The summed E-state index contributed by atoms with van der Waals surface area (Å²) in [7, 11) is -4.45. The molecule has 0 bridgehead atoms. The summed E-state index contributed by atoms with van der Waals surface area (Å²) < 4.78 is 15.4. The first kappa shape index (κ1) is 16.1. The predicted molar refractivity (Wildman–Crippen MR) is 67.4 cm³/mol. The lowest BCUT2D eigenvalue weighted by Gasteiger charge is -2.11. The second kappa shape index (κ2) is 7.45. The summed E-state index contributed by atoms with van der Waals surface area (Å²) >= 11 is 0. The van der Waals surface area contributed by atoms with Crippen molar-refractivity contribution in [2.75, 3.05) is 0 Å². The van der Waals surface area contributed by atoms with Gasteiger partial charge in [-0.1, -0.05) is 38.0 Å². The van der Waals surface area contributed by atoms with Gasteiger partial charge in [0.1, 0.15) is 5.75 Å². The van der Waals surface area contributed by atoms with Crippen LogP contribution < -0.4 is 10.7 Å². The fourth-order valence-electron chi connectivity index (χ4n) is 1.49. The molecule has 0 saturated carbocycles. The zero-order valence-electron chi connectivity index (χ0n) is 10.0. The molecule has 0 aliphatic heterocycles. The molecule has 0 amide bonds. The third-order valence-electron chi connectivity index (χ3n) is 2.24. The second-order valence-electron chi connectivity index (χ2n) is 3.65. The molecule has 0 fully saturated rings. The highest BCUT2D eigenvalue weighted by Gasteiger charge is 2.17. The van der Waals surface area contributed by atoms with Crippen LogP contribution in [0.1, 0.15) is 31.7 Å². The standard InChI is InChI=1S/C11H17O4P.H3N/c1-2-3-4-7-10-8-5-6-9-11(10)15-16(12,13)14;/h5-6,8-9H,2-4,7H2,1H3,(H2,12,13,14);1H3. The molecule has 0 saturated heterocycles. The molecule has 0 aliphatic carbocycles. The molecule has 1 aromatic rings. The van der Waals surface area contributed by atoms with Crippen LogP contribution in [0.15, 0.2) is 24.3 Å². The fraction of sp³-hybridized carbons (Fsp3) is 0.455. The number of aryl methyl sites for hydroxylation is 1. The second-order valence-corrected chi connectivity index (χ2v) is 4.81. The number of phosphoric ester groups is 1. The average molecular weight is 261 g/mol. The van der Waals surface area contributed by atoms with Gasteiger partial charge in [-0.05, 0) is 24.5 Å². The van der Waals surface area contributed by atoms with Crippen LogP contribution in [0.3, 0.4) is 0 Å². The molecule has 98 valence electrons. The van der Waals surface area contributed by atoms with Crippen LogP contribution >= 0.6 is 7.82 Å². The van der Waals surface area contributed by atoms with Gasteiger partial charge < -0.3 is 10.7 Å². The van der Waals surface area contributed by atoms with Crippen LogP contribution in [-0.2, 0) is 11.0 Å². The normalized spacial score (nSPS) is 10.8. The van der Waals surface area contributed by atoms with Crippen molar-refractivity contribution >= 4 is 7.82 Å². The van der Waals surface area contributed by atoms with E-state index in [1.807, 2.05) is 12.1 Å². The molecule has 17 heavy (non-hydrogen) atoms. The summed E-state index contributed by atoms with van der Waals surface area (Å²) in [6.07, 6.45) is 3.99. The molecule has 0 heterocycles. The van der Waals surface area contributed by atoms with E-state index in [1.165, 1.54) is 0 Å². The van der Waals surface area contributed by atoms with Gasteiger partial charge in [0.15, 0.2) is 0 Å². The SMILES string of the molecule is CCCCCc1ccccc1OP(=O)(O)O.N. The number of unbranched alkanes of at least 4 members (excludes halogenated alkanes) is 2. The van der Waals surface area contributed by atoms with Crippen molar-refractivity contribution in [3.8, 4) is 5.75 Å². The number of hydrogen-bond donors (Lipinski definition) is 3. The van der Waals surface area contributed by atoms with Crippen LogP contribution in [-0.4, -0.2) is 9.79 Å². The van der Waals surface area contributed by atoms with Crippen LogP contribution in [0.5, 0.6) is 5.75 Å². The van der Waals surface area contributed by atoms with Crippen LogP contribution in [0.25, 0.3) is 0 Å². The highest BCUT2D eigenvalue weighted by atomic mass is 31.2. The smallest absolute Gasteiger partial charge is 0.404 e. The van der Waals surface area contributed by atoms with Crippen LogP contribution in [0, 0.1) is 0 Å². The molecule has 5 N–H and O–H groups in total. The van der Waals surface area contributed by atoms with Gasteiger partial charge in [-0.2, -0.15) is 0 Å². The van der Waals surface area contributed by atoms with Crippen LogP contribution in [0.4, 0.5) is 0 Å². The molecule has 0 atom stereocenters. The fourth-order valence-corrected chi connectivity index (χ4v) is 1.93. The highest BCUT2D eigenvalue weighted by molar-refractivity contribution is 7.46. The molecule has 0 aliphatic rings. The Kier molecular flexibility index (Phi) is 7.07. The molecule has 1 aromatic carbocycles. The molecule has 6 heteroatoms. The van der Waals surface area contributed by atoms with Crippen molar-refractivity contribution in [1.29, 1.82) is 0 Å². The van der Waals surface area contributed by atoms with Gasteiger partial charge in [-0.15, -0.1) is 0 Å². The lowest BCUT2D eigenvalue weighted by molar-refractivity contribution is 0.282. The third-order valence-corrected chi connectivity index (χ3v) is 2.67. The van der Waals surface area contributed by atoms with Gasteiger partial charge in [0, 0.05) is 0 Å². The van der Waals surface area contributed by atoms with Crippen molar-refractivity contribution in [3.05, 3.63) is 29.8 Å². The van der Waals surface area contributed by atoms with Gasteiger partial charge in [0.2, 0.25) is 0 Å². The topological polar surface area (TPSA) is 102 Å². The Bertz CT molecular complexity index is 377. The average Bonchev–Trinajstić information content (AvgIpc) is 2.19. The van der Waals surface area contributed by atoms with E-state index >= 15 is 0 Å². The molecule has 0 radical (unpaired) electrons. The maximum absolute atomic E-state index is 10.8. The number of phosphoric acid groups is 1. The van der Waals surface area contributed by atoms with Gasteiger partial charge in [-0.25, -0.2) is 4.57 Å². The van der Waals surface area contributed by atoms with E-state index in [1.54, 1.807) is 12.1 Å². The number of rotatable bonds is 6. The first-order chi connectivity index (χ1) is 7.53. The van der Waals surface area contributed by atoms with Crippen LogP contribution in [0.2, 0.25) is 0 Å². The zero-order chi connectivity index (χ0) is 12.0. The number of para-hydroxylation sites is 1. The maximum Gasteiger partial charge on any atom is 0.524 e. The monoisotopic (exact) mass is 261 g/mol. The lowest BCUT2D eigenvalue weighted by atomic mass is 10.1. The molecule has 0 spiro atoms. The Labute approximate surface area is 102 Å². The van der Waals surface area contributed by atoms with E-state index < -0.39 is 7.82 Å². The molecule has 0 unspecified atom stereocenters. The van der Waals surface area contributed by atoms with Gasteiger partial charge in [0.25, 0.3) is 0 Å². The molecule has 1 rings (SSSR count). The van der Waals surface area contributed by atoms with E-state index in [9.17, 15) is 4.57 Å². The van der Waals surface area contributed by atoms with Crippen molar-refractivity contribution in [2.24, 2.45) is 0 Å². The summed E-state index contributed by atoms with van der Waals surface area (Å²) in [5.41, 5.74) is 0.847. The highest BCUT2D eigenvalue weighted by Crippen LogP contribution is 2.39. The molecular formula is C11H20NO4P. The summed E-state index contributed by atoms with van der Waals surface area (Å²) in [6.45, 7) is 2.11. The number of benzene rings is 1. The van der Waals surface area contributed by atoms with Crippen molar-refractivity contribution < 1.29 is 18.9 Å². The van der Waals surface area contributed by atoms with Gasteiger partial charge in [0.05, 0.1) is 0 Å². The van der Waals surface area contributed by atoms with Gasteiger partial charge in [-0.3, -0.25) is 9.79 Å². The summed E-state index contributed by atoms with van der Waals surface area (Å²) in [4.78, 5) is 17.5. The molecule has 0 aromatic heterocycles. The Morgan fingerprint density at radius 1 is 1.24 bits per heavy atom. The largest absolute Gasteiger partial charge is 0.524 e. The van der Waals surface area contributed by atoms with Crippen molar-refractivity contribution in [1.82, 2.24) is 6.15 Å². The minimum atomic E-state index is -4.45. The zero-order valence-corrected chi connectivity index (χ0v) is 10.9. The Hall–Kier alpha value is -0.870. The van der Waals surface area contributed by atoms with E-state index in [0.717, 1.165) is 31.2 Å². The summed E-state index contributed by atoms with van der Waals surface area (Å²) in [5, 5.41) is 0. The quantitative estimate of drug-likeness (QED) is 0.539. The Morgan fingerprint density at radius 2 is 1.88 bits per heavy atom. The van der Waals surface area contributed by atoms with E-state index in [2.05, 4.69) is 11.4 Å². The maximum atomic E-state index is 10.8. The van der Waals surface area contributed by atoms with Crippen molar-refractivity contribution in [2.45, 2.75) is 32.6 Å². The first-order valence-corrected chi connectivity index (χ1v) is 6.89. The Balaban J connectivity index is 0.00000256.